The van der Waals surface area contributed by atoms with Crippen molar-refractivity contribution in [3.05, 3.63) is 88.5 Å². The molecule has 0 aliphatic heterocycles. The van der Waals surface area contributed by atoms with Crippen molar-refractivity contribution in [1.82, 2.24) is 0 Å². The van der Waals surface area contributed by atoms with Gasteiger partial charge in [0, 0.05) is 12.1 Å². The van der Waals surface area contributed by atoms with E-state index in [9.17, 15) is 14.1 Å². The van der Waals surface area contributed by atoms with Crippen LogP contribution in [-0.4, -0.2) is 20.4 Å². The monoisotopic (exact) mass is 437 g/mol. The second-order valence-electron chi connectivity index (χ2n) is 7.74. The number of phenolic OH excluding ortho intramolecular Hbond substituents is 1. The Kier molecular flexibility index (Phi) is 7.13. The average Bonchev–Trinajstić information content (AvgIpc) is 2.70. The van der Waals surface area contributed by atoms with Crippen LogP contribution in [0.1, 0.15) is 34.2 Å². The first-order valence-electron chi connectivity index (χ1n) is 10.1. The number of phenols is 1. The maximum Gasteiger partial charge on any atom is 0.303 e. The average molecular weight is 438 g/mol. The van der Waals surface area contributed by atoms with Gasteiger partial charge in [-0.1, -0.05) is 42.0 Å². The first-order chi connectivity index (χ1) is 14.7. The van der Waals surface area contributed by atoms with Crippen LogP contribution in [0.3, 0.4) is 0 Å². The van der Waals surface area contributed by atoms with Crippen molar-refractivity contribution in [2.45, 2.75) is 45.1 Å². The summed E-state index contributed by atoms with van der Waals surface area (Å²) in [5.41, 5.74) is 5.57. The Labute approximate surface area is 185 Å². The number of aliphatic carboxylic acids is 1. The molecule has 0 spiro atoms. The number of carboxylic acids is 1. The second-order valence-corrected chi connectivity index (χ2v) is 9.09. The molecule has 0 aromatic heterocycles. The highest BCUT2D eigenvalue weighted by molar-refractivity contribution is 7.86. The summed E-state index contributed by atoms with van der Waals surface area (Å²) in [4.78, 5) is 11.6. The van der Waals surface area contributed by atoms with Gasteiger partial charge in [-0.2, -0.15) is 0 Å². The Morgan fingerprint density at radius 3 is 2.16 bits per heavy atom. The molecular weight excluding hydrogens is 410 g/mol. The lowest BCUT2D eigenvalue weighted by Gasteiger charge is -2.26. The number of hydrogen-bond acceptors (Lipinski definition) is 3. The van der Waals surface area contributed by atoms with Gasteiger partial charge in [0.15, 0.2) is 11.0 Å². The van der Waals surface area contributed by atoms with Crippen molar-refractivity contribution in [3.63, 3.8) is 0 Å². The summed E-state index contributed by atoms with van der Waals surface area (Å²) in [7, 11) is -1.47. The van der Waals surface area contributed by atoms with E-state index in [2.05, 4.69) is 0 Å². The quantitative estimate of drug-likeness (QED) is 0.516. The minimum Gasteiger partial charge on any atom is -0.508 e. The molecule has 1 unspecified atom stereocenters. The van der Waals surface area contributed by atoms with Gasteiger partial charge in [0.2, 0.25) is 0 Å². The summed E-state index contributed by atoms with van der Waals surface area (Å²) in [5.74, 6) is -0.670. The molecule has 1 atom stereocenters. The van der Waals surface area contributed by atoms with E-state index >= 15 is 0 Å². The van der Waals surface area contributed by atoms with Gasteiger partial charge in [-0.3, -0.25) is 9.10 Å². The minimum atomic E-state index is -1.47. The SMILES string of the molecule is Cc1cc(C)c(S(=O)N(Cc2cccc(O)c2)c2ccc(CCC(=O)O)cc2)c(C)c1. The summed E-state index contributed by atoms with van der Waals surface area (Å²) in [6, 6.07) is 18.5. The zero-order valence-corrected chi connectivity index (χ0v) is 18.8. The molecule has 5 nitrogen and oxygen atoms in total. The van der Waals surface area contributed by atoms with Gasteiger partial charge in [-0.15, -0.1) is 0 Å². The van der Waals surface area contributed by atoms with Crippen molar-refractivity contribution < 1.29 is 19.2 Å². The zero-order chi connectivity index (χ0) is 22.5. The zero-order valence-electron chi connectivity index (χ0n) is 18.0. The van der Waals surface area contributed by atoms with E-state index in [0.29, 0.717) is 13.0 Å². The van der Waals surface area contributed by atoms with Gasteiger partial charge in [0.1, 0.15) is 5.75 Å². The van der Waals surface area contributed by atoms with Gasteiger partial charge in [-0.05, 0) is 73.7 Å². The first-order valence-corrected chi connectivity index (χ1v) is 11.2. The fourth-order valence-electron chi connectivity index (χ4n) is 3.70. The molecule has 6 heteroatoms. The number of nitrogens with zero attached hydrogens (tertiary/aromatic N) is 1. The van der Waals surface area contributed by atoms with E-state index in [1.165, 1.54) is 0 Å². The third kappa shape index (κ3) is 5.73. The van der Waals surface area contributed by atoms with Crippen molar-refractivity contribution in [3.8, 4) is 5.75 Å². The van der Waals surface area contributed by atoms with Crippen LogP contribution in [0.5, 0.6) is 5.75 Å². The molecule has 0 saturated heterocycles. The molecule has 3 rings (SSSR count). The topological polar surface area (TPSA) is 77.8 Å². The van der Waals surface area contributed by atoms with Crippen molar-refractivity contribution >= 4 is 22.6 Å². The molecule has 0 aliphatic carbocycles. The van der Waals surface area contributed by atoms with E-state index in [1.54, 1.807) is 22.5 Å². The van der Waals surface area contributed by atoms with E-state index in [1.807, 2.05) is 63.2 Å². The Morgan fingerprint density at radius 2 is 1.58 bits per heavy atom. The van der Waals surface area contributed by atoms with Crippen LogP contribution in [0.4, 0.5) is 5.69 Å². The predicted molar refractivity (Wildman–Crippen MR) is 124 cm³/mol. The fraction of sp³-hybridized carbons (Fsp3) is 0.240. The molecule has 0 radical (unpaired) electrons. The maximum absolute atomic E-state index is 13.8. The van der Waals surface area contributed by atoms with Crippen LogP contribution in [0.25, 0.3) is 0 Å². The normalized spacial score (nSPS) is 11.8. The molecule has 3 aromatic rings. The lowest BCUT2D eigenvalue weighted by molar-refractivity contribution is -0.136. The Bertz CT molecular complexity index is 1090. The number of anilines is 1. The van der Waals surface area contributed by atoms with Crippen LogP contribution < -0.4 is 4.31 Å². The number of carboxylic acid groups (broad SMARTS) is 1. The second kappa shape index (κ2) is 9.79. The van der Waals surface area contributed by atoms with Gasteiger partial charge >= 0.3 is 5.97 Å². The minimum absolute atomic E-state index is 0.0695. The van der Waals surface area contributed by atoms with Crippen LogP contribution in [0, 0.1) is 20.8 Å². The molecule has 31 heavy (non-hydrogen) atoms. The predicted octanol–water partition coefficient (Wildman–Crippen LogP) is 5.06. The maximum atomic E-state index is 13.8. The van der Waals surface area contributed by atoms with E-state index in [0.717, 1.165) is 38.4 Å². The molecule has 0 amide bonds. The van der Waals surface area contributed by atoms with Gasteiger partial charge in [0.25, 0.3) is 0 Å². The smallest absolute Gasteiger partial charge is 0.303 e. The summed E-state index contributed by atoms with van der Waals surface area (Å²) in [5, 5.41) is 18.8. The fourth-order valence-corrected chi connectivity index (χ4v) is 5.17. The van der Waals surface area contributed by atoms with Crippen LogP contribution in [0.15, 0.2) is 65.6 Å². The third-order valence-corrected chi connectivity index (χ3v) is 6.80. The van der Waals surface area contributed by atoms with E-state index in [4.69, 9.17) is 5.11 Å². The lowest BCUT2D eigenvalue weighted by atomic mass is 10.1. The van der Waals surface area contributed by atoms with Crippen molar-refractivity contribution in [1.29, 1.82) is 0 Å². The number of carbonyl (C=O) groups is 1. The molecular formula is C25H27NO4S. The Hall–Kier alpha value is -3.12. The summed E-state index contributed by atoms with van der Waals surface area (Å²) < 4.78 is 15.6. The first kappa shape index (κ1) is 22.6. The molecule has 2 N–H and O–H groups in total. The molecule has 162 valence electrons. The van der Waals surface area contributed by atoms with Crippen LogP contribution >= 0.6 is 0 Å². The largest absolute Gasteiger partial charge is 0.508 e. The Morgan fingerprint density at radius 1 is 0.935 bits per heavy atom. The molecule has 0 saturated carbocycles. The summed E-state index contributed by atoms with van der Waals surface area (Å²) in [6.07, 6.45) is 0.515. The van der Waals surface area contributed by atoms with Crippen molar-refractivity contribution in [2.24, 2.45) is 0 Å². The number of rotatable bonds is 8. The van der Waals surface area contributed by atoms with Gasteiger partial charge in [-0.25, -0.2) is 4.21 Å². The van der Waals surface area contributed by atoms with E-state index < -0.39 is 17.0 Å². The number of aromatic hydroxyl groups is 1. The molecule has 0 fully saturated rings. The number of aryl methyl sites for hydroxylation is 4. The molecule has 0 aliphatic rings. The lowest BCUT2D eigenvalue weighted by Crippen LogP contribution is -2.26. The van der Waals surface area contributed by atoms with Gasteiger partial charge in [0.05, 0.1) is 11.4 Å². The molecule has 3 aromatic carbocycles. The molecule has 0 bridgehead atoms. The number of benzene rings is 3. The molecule has 0 heterocycles. The van der Waals surface area contributed by atoms with Crippen LogP contribution in [0.2, 0.25) is 0 Å². The van der Waals surface area contributed by atoms with Crippen LogP contribution in [-0.2, 0) is 28.7 Å². The summed E-state index contributed by atoms with van der Waals surface area (Å²) in [6.45, 7) is 6.30. The number of hydrogen-bond donors (Lipinski definition) is 2. The summed E-state index contributed by atoms with van der Waals surface area (Å²) >= 11 is 0. The van der Waals surface area contributed by atoms with Crippen molar-refractivity contribution in [2.75, 3.05) is 4.31 Å². The highest BCUT2D eigenvalue weighted by Gasteiger charge is 2.21. The highest BCUT2D eigenvalue weighted by Crippen LogP contribution is 2.29. The third-order valence-electron chi connectivity index (χ3n) is 5.07. The van der Waals surface area contributed by atoms with E-state index in [-0.39, 0.29) is 12.2 Å². The highest BCUT2D eigenvalue weighted by atomic mass is 32.2. The van der Waals surface area contributed by atoms with Gasteiger partial charge < -0.3 is 10.2 Å². The standard InChI is InChI=1S/C25H27NO4S/c1-17-13-18(2)25(19(3)14-17)31(30)26(16-21-5-4-6-23(27)15-21)22-10-7-20(8-11-22)9-12-24(28)29/h4-8,10-11,13-15,27H,9,12,16H2,1-3H3,(H,28,29). The Balaban J connectivity index is 1.99.